The lowest BCUT2D eigenvalue weighted by molar-refractivity contribution is 0.0940. The van der Waals surface area contributed by atoms with E-state index in [1.165, 1.54) is 18.4 Å². The smallest absolute Gasteiger partial charge is 0.166 e. The summed E-state index contributed by atoms with van der Waals surface area (Å²) in [5, 5.41) is 3.38. The van der Waals surface area contributed by atoms with E-state index in [0.717, 1.165) is 25.1 Å². The summed E-state index contributed by atoms with van der Waals surface area (Å²) < 4.78 is 0. The lowest BCUT2D eigenvalue weighted by Crippen LogP contribution is -2.30. The fourth-order valence-corrected chi connectivity index (χ4v) is 3.20. The van der Waals surface area contributed by atoms with Gasteiger partial charge in [0.25, 0.3) is 0 Å². The number of carbonyl (C=O) groups is 1. The predicted octanol–water partition coefficient (Wildman–Crippen LogP) is 2.57. The van der Waals surface area contributed by atoms with Gasteiger partial charge in [0.2, 0.25) is 0 Å². The fourth-order valence-electron chi connectivity index (χ4n) is 3.20. The molecule has 2 nitrogen and oxygen atoms in total. The minimum absolute atomic E-state index is 0.298. The zero-order chi connectivity index (χ0) is 11.9. The molecule has 1 N–H and O–H groups in total. The van der Waals surface area contributed by atoms with E-state index in [-0.39, 0.29) is 0 Å². The van der Waals surface area contributed by atoms with Crippen LogP contribution in [0.15, 0.2) is 24.3 Å². The van der Waals surface area contributed by atoms with Crippen molar-refractivity contribution in [3.63, 3.8) is 0 Å². The molecule has 1 unspecified atom stereocenters. The van der Waals surface area contributed by atoms with E-state index in [4.69, 9.17) is 0 Å². The van der Waals surface area contributed by atoms with Crippen LogP contribution >= 0.6 is 0 Å². The first-order chi connectivity index (χ1) is 8.21. The van der Waals surface area contributed by atoms with Crippen molar-refractivity contribution in [1.82, 2.24) is 5.32 Å². The van der Waals surface area contributed by atoms with E-state index in [2.05, 4.69) is 5.32 Å². The average Bonchev–Trinajstić information content (AvgIpc) is 3.03. The van der Waals surface area contributed by atoms with Gasteiger partial charge >= 0.3 is 0 Å². The Bertz CT molecular complexity index is 446. The number of Topliss-reactive ketones (excluding diaryl/α,β-unsaturated/α-hetero) is 1. The van der Waals surface area contributed by atoms with Gasteiger partial charge < -0.3 is 5.32 Å². The SMILES string of the molecule is Cc1cccc(C(=O)C2CC23CCNCC3)c1. The van der Waals surface area contributed by atoms with Gasteiger partial charge in [-0.15, -0.1) is 0 Å². The lowest BCUT2D eigenvalue weighted by atomic mass is 9.89. The first kappa shape index (κ1) is 11.0. The molecule has 17 heavy (non-hydrogen) atoms. The van der Waals surface area contributed by atoms with Crippen LogP contribution in [0.25, 0.3) is 0 Å². The second-order valence-electron chi connectivity index (χ2n) is 5.60. The van der Waals surface area contributed by atoms with Crippen LogP contribution < -0.4 is 5.32 Å². The van der Waals surface area contributed by atoms with Gasteiger partial charge in [0.15, 0.2) is 5.78 Å². The number of benzene rings is 1. The van der Waals surface area contributed by atoms with Gasteiger partial charge in [-0.2, -0.15) is 0 Å². The largest absolute Gasteiger partial charge is 0.317 e. The highest BCUT2D eigenvalue weighted by Crippen LogP contribution is 2.59. The predicted molar refractivity (Wildman–Crippen MR) is 68.2 cm³/mol. The van der Waals surface area contributed by atoms with Crippen molar-refractivity contribution in [3.05, 3.63) is 35.4 Å². The molecule has 1 aliphatic heterocycles. The second-order valence-corrected chi connectivity index (χ2v) is 5.60. The molecule has 0 amide bonds. The molecule has 0 radical (unpaired) electrons. The Hall–Kier alpha value is -1.15. The van der Waals surface area contributed by atoms with Crippen molar-refractivity contribution in [2.45, 2.75) is 26.2 Å². The summed E-state index contributed by atoms with van der Waals surface area (Å²) in [7, 11) is 0. The number of carbonyl (C=O) groups excluding carboxylic acids is 1. The summed E-state index contributed by atoms with van der Waals surface area (Å²) in [5.74, 6) is 0.669. The van der Waals surface area contributed by atoms with Gasteiger partial charge in [-0.1, -0.05) is 23.8 Å². The second kappa shape index (κ2) is 3.95. The average molecular weight is 229 g/mol. The number of rotatable bonds is 2. The number of aryl methyl sites for hydroxylation is 1. The third kappa shape index (κ3) is 1.91. The third-order valence-corrected chi connectivity index (χ3v) is 4.41. The van der Waals surface area contributed by atoms with Crippen LogP contribution in [0.4, 0.5) is 0 Å². The maximum Gasteiger partial charge on any atom is 0.166 e. The van der Waals surface area contributed by atoms with Crippen molar-refractivity contribution < 1.29 is 4.79 Å². The minimum Gasteiger partial charge on any atom is -0.317 e. The standard InChI is InChI=1S/C15H19NO/c1-11-3-2-4-12(9-11)14(17)13-10-15(13)5-7-16-8-6-15/h2-4,9,13,16H,5-8,10H2,1H3. The normalized spacial score (nSPS) is 25.8. The number of nitrogens with one attached hydrogen (secondary N) is 1. The Balaban J connectivity index is 1.76. The van der Waals surface area contributed by atoms with E-state index >= 15 is 0 Å². The highest BCUT2D eigenvalue weighted by molar-refractivity contribution is 6.00. The van der Waals surface area contributed by atoms with Crippen molar-refractivity contribution in [3.8, 4) is 0 Å². The van der Waals surface area contributed by atoms with Crippen LogP contribution in [0.1, 0.15) is 35.2 Å². The Labute approximate surface area is 102 Å². The zero-order valence-corrected chi connectivity index (χ0v) is 10.3. The van der Waals surface area contributed by atoms with E-state index in [0.29, 0.717) is 17.1 Å². The summed E-state index contributed by atoms with van der Waals surface area (Å²) in [6.45, 7) is 4.21. The van der Waals surface area contributed by atoms with Crippen LogP contribution in [-0.2, 0) is 0 Å². The minimum atomic E-state index is 0.298. The Morgan fingerprint density at radius 3 is 2.82 bits per heavy atom. The zero-order valence-electron chi connectivity index (χ0n) is 10.3. The third-order valence-electron chi connectivity index (χ3n) is 4.41. The molecule has 2 heteroatoms. The molecule has 1 heterocycles. The molecule has 1 spiro atoms. The van der Waals surface area contributed by atoms with Gasteiger partial charge in [-0.3, -0.25) is 4.79 Å². The van der Waals surface area contributed by atoms with Gasteiger partial charge in [0, 0.05) is 11.5 Å². The Morgan fingerprint density at radius 2 is 2.12 bits per heavy atom. The van der Waals surface area contributed by atoms with Gasteiger partial charge in [0.1, 0.15) is 0 Å². The van der Waals surface area contributed by atoms with Crippen LogP contribution in [0.3, 0.4) is 0 Å². The number of hydrogen-bond acceptors (Lipinski definition) is 2. The molecule has 1 saturated carbocycles. The molecule has 1 aromatic rings. The van der Waals surface area contributed by atoms with E-state index < -0.39 is 0 Å². The summed E-state index contributed by atoms with van der Waals surface area (Å²) in [4.78, 5) is 12.4. The fraction of sp³-hybridized carbons (Fsp3) is 0.533. The van der Waals surface area contributed by atoms with Gasteiger partial charge in [-0.05, 0) is 50.8 Å². The maximum atomic E-state index is 12.4. The van der Waals surface area contributed by atoms with Gasteiger partial charge in [-0.25, -0.2) is 0 Å². The van der Waals surface area contributed by atoms with Crippen LogP contribution in [0.2, 0.25) is 0 Å². The van der Waals surface area contributed by atoms with E-state index in [9.17, 15) is 4.79 Å². The molecule has 0 aromatic heterocycles. The lowest BCUT2D eigenvalue weighted by Gasteiger charge is -2.23. The van der Waals surface area contributed by atoms with Crippen molar-refractivity contribution >= 4 is 5.78 Å². The molecular weight excluding hydrogens is 210 g/mol. The van der Waals surface area contributed by atoms with E-state index in [1.807, 2.05) is 31.2 Å². The molecule has 2 fully saturated rings. The molecule has 90 valence electrons. The number of hydrogen-bond donors (Lipinski definition) is 1. The Morgan fingerprint density at radius 1 is 1.35 bits per heavy atom. The molecule has 1 saturated heterocycles. The van der Waals surface area contributed by atoms with Crippen LogP contribution in [-0.4, -0.2) is 18.9 Å². The molecular formula is C15H19NO. The topological polar surface area (TPSA) is 29.1 Å². The highest BCUT2D eigenvalue weighted by Gasteiger charge is 2.57. The molecule has 3 rings (SSSR count). The first-order valence-corrected chi connectivity index (χ1v) is 6.53. The van der Waals surface area contributed by atoms with Crippen molar-refractivity contribution in [2.24, 2.45) is 11.3 Å². The molecule has 1 aromatic carbocycles. The summed E-state index contributed by atoms with van der Waals surface area (Å²) in [6.07, 6.45) is 3.46. The molecule has 1 atom stereocenters. The Kier molecular flexibility index (Phi) is 2.55. The number of ketones is 1. The molecule has 0 bridgehead atoms. The van der Waals surface area contributed by atoms with Crippen molar-refractivity contribution in [1.29, 1.82) is 0 Å². The van der Waals surface area contributed by atoms with Crippen molar-refractivity contribution in [2.75, 3.05) is 13.1 Å². The van der Waals surface area contributed by atoms with Crippen LogP contribution in [0.5, 0.6) is 0 Å². The maximum absolute atomic E-state index is 12.4. The summed E-state index contributed by atoms with van der Waals surface area (Å²) in [5.41, 5.74) is 2.44. The monoisotopic (exact) mass is 229 g/mol. The van der Waals surface area contributed by atoms with E-state index in [1.54, 1.807) is 0 Å². The highest BCUT2D eigenvalue weighted by atomic mass is 16.1. The summed E-state index contributed by atoms with van der Waals surface area (Å²) in [6, 6.07) is 8.02. The first-order valence-electron chi connectivity index (χ1n) is 6.53. The molecule has 2 aliphatic rings. The van der Waals surface area contributed by atoms with Gasteiger partial charge in [0.05, 0.1) is 0 Å². The molecule has 1 aliphatic carbocycles. The number of piperidine rings is 1. The summed E-state index contributed by atoms with van der Waals surface area (Å²) >= 11 is 0. The quantitative estimate of drug-likeness (QED) is 0.790. The van der Waals surface area contributed by atoms with Crippen LogP contribution in [0, 0.1) is 18.3 Å².